The first-order valence-corrected chi connectivity index (χ1v) is 12.9. The van der Waals surface area contributed by atoms with E-state index in [0.717, 1.165) is 46.1 Å². The molecular weight excluding hydrogens is 478 g/mol. The number of ether oxygens (including phenoxy) is 3. The molecule has 8 rings (SSSR count). The first kappa shape index (κ1) is 19.1. The number of piperidine rings is 1. The van der Waals surface area contributed by atoms with E-state index in [1.54, 1.807) is 12.7 Å². The van der Waals surface area contributed by atoms with Crippen molar-refractivity contribution >= 4 is 15.9 Å². The molecule has 5 heteroatoms. The largest absolute Gasteiger partial charge is 0.497 e. The monoisotopic (exact) mass is 503 g/mol. The molecule has 3 unspecified atom stereocenters. The molecule has 2 bridgehead atoms. The molecule has 1 saturated heterocycles. The molecule has 0 radical (unpaired) electrons. The molecule has 3 fully saturated rings. The molecule has 4 nitrogen and oxygen atoms in total. The topological polar surface area (TPSA) is 30.7 Å². The number of halogens is 1. The maximum atomic E-state index is 6.80. The summed E-state index contributed by atoms with van der Waals surface area (Å²) in [6.45, 7) is 1.78. The van der Waals surface area contributed by atoms with Crippen LogP contribution in [0.4, 0.5) is 0 Å². The molecule has 2 aromatic carbocycles. The van der Waals surface area contributed by atoms with Gasteiger partial charge >= 0.3 is 0 Å². The van der Waals surface area contributed by atoms with Crippen molar-refractivity contribution in [1.29, 1.82) is 0 Å². The Kier molecular flexibility index (Phi) is 3.62. The average Bonchev–Trinajstić information content (AvgIpc) is 3.69. The standard InChI is InChI=1S/C28H26BrNO3/c1-31-21-10-9-19-25-27(30(25)13-16-7-8-16)12-18-20(29)11-22(32-14-17-5-3-2-4-6-17)24-23(18)28(19,15-27)26(21)33-24/h2-6,9-11,16,25-26H,7-8,12-15H2,1H3/t25-,26-,27?,28?,30?/m1/s1. The Morgan fingerprint density at radius 2 is 2.03 bits per heavy atom. The maximum absolute atomic E-state index is 6.80. The highest BCUT2D eigenvalue weighted by molar-refractivity contribution is 9.10. The molecule has 2 spiro atoms. The highest BCUT2D eigenvalue weighted by Gasteiger charge is 2.80. The summed E-state index contributed by atoms with van der Waals surface area (Å²) >= 11 is 3.95. The van der Waals surface area contributed by atoms with E-state index < -0.39 is 0 Å². The van der Waals surface area contributed by atoms with Gasteiger partial charge in [-0.2, -0.15) is 0 Å². The lowest BCUT2D eigenvalue weighted by molar-refractivity contribution is 0.102. The summed E-state index contributed by atoms with van der Waals surface area (Å²) in [5.41, 5.74) is 5.58. The fourth-order valence-electron chi connectivity index (χ4n) is 7.41. The van der Waals surface area contributed by atoms with Gasteiger partial charge in [-0.15, -0.1) is 0 Å². The van der Waals surface area contributed by atoms with Crippen LogP contribution >= 0.6 is 15.9 Å². The van der Waals surface area contributed by atoms with E-state index in [4.69, 9.17) is 14.2 Å². The first-order chi connectivity index (χ1) is 16.2. The number of likely N-dealkylation sites (tertiary alicyclic amines) is 1. The van der Waals surface area contributed by atoms with Crippen LogP contribution in [0.3, 0.4) is 0 Å². The van der Waals surface area contributed by atoms with Crippen LogP contribution in [-0.2, 0) is 23.2 Å². The fraction of sp³-hybridized carbons (Fsp3) is 0.429. The van der Waals surface area contributed by atoms with Crippen LogP contribution in [-0.4, -0.2) is 36.2 Å². The minimum Gasteiger partial charge on any atom is -0.497 e. The van der Waals surface area contributed by atoms with Crippen molar-refractivity contribution in [2.24, 2.45) is 5.92 Å². The van der Waals surface area contributed by atoms with Gasteiger partial charge in [-0.3, -0.25) is 4.90 Å². The molecule has 4 aliphatic carbocycles. The van der Waals surface area contributed by atoms with E-state index in [0.29, 0.717) is 12.6 Å². The minimum atomic E-state index is -0.123. The molecule has 0 N–H and O–H groups in total. The average molecular weight is 504 g/mol. The number of methoxy groups -OCH3 is 1. The second-order valence-electron chi connectivity index (χ2n) is 10.6. The number of allylic oxidation sites excluding steroid dienone is 2. The molecule has 2 aromatic rings. The number of rotatable bonds is 6. The SMILES string of the molecule is COC1=CC=C2[C@H]3N(CC4CC4)C34Cc3c(Br)cc(OCc5ccccc5)c5c3C2(C4)[C@@H]1O5. The molecule has 6 aliphatic rings. The third-order valence-electron chi connectivity index (χ3n) is 8.94. The van der Waals surface area contributed by atoms with Crippen molar-refractivity contribution in [1.82, 2.24) is 4.90 Å². The van der Waals surface area contributed by atoms with E-state index in [2.05, 4.69) is 63.3 Å². The molecule has 33 heavy (non-hydrogen) atoms. The van der Waals surface area contributed by atoms with Crippen molar-refractivity contribution < 1.29 is 14.2 Å². The zero-order valence-electron chi connectivity index (χ0n) is 18.6. The van der Waals surface area contributed by atoms with Gasteiger partial charge in [0.2, 0.25) is 0 Å². The quantitative estimate of drug-likeness (QED) is 0.501. The summed E-state index contributed by atoms with van der Waals surface area (Å²) in [7, 11) is 1.77. The number of nitrogens with zero attached hydrogens (tertiary/aromatic N) is 1. The van der Waals surface area contributed by atoms with Crippen molar-refractivity contribution in [2.45, 2.75) is 55.4 Å². The predicted octanol–water partition coefficient (Wildman–Crippen LogP) is 5.29. The van der Waals surface area contributed by atoms with Gasteiger partial charge in [0, 0.05) is 22.1 Å². The Balaban J connectivity index is 1.26. The highest BCUT2D eigenvalue weighted by atomic mass is 79.9. The third-order valence-corrected chi connectivity index (χ3v) is 9.65. The highest BCUT2D eigenvalue weighted by Crippen LogP contribution is 2.75. The predicted molar refractivity (Wildman–Crippen MR) is 128 cm³/mol. The molecule has 168 valence electrons. The van der Waals surface area contributed by atoms with Gasteiger partial charge < -0.3 is 14.2 Å². The minimum absolute atomic E-state index is 0.0997. The van der Waals surface area contributed by atoms with Gasteiger partial charge in [-0.1, -0.05) is 52.3 Å². The summed E-state index contributed by atoms with van der Waals surface area (Å²) in [6, 6.07) is 13.0. The summed E-state index contributed by atoms with van der Waals surface area (Å²) in [5.74, 6) is 3.59. The summed E-state index contributed by atoms with van der Waals surface area (Å²) in [4.78, 5) is 2.80. The van der Waals surface area contributed by atoms with Crippen molar-refractivity contribution in [2.75, 3.05) is 13.7 Å². The lowest BCUT2D eigenvalue weighted by atomic mass is 9.64. The molecule has 2 saturated carbocycles. The third kappa shape index (κ3) is 2.30. The van der Waals surface area contributed by atoms with Crippen molar-refractivity contribution in [3.8, 4) is 11.5 Å². The van der Waals surface area contributed by atoms with Crippen LogP contribution in [0.5, 0.6) is 11.5 Å². The van der Waals surface area contributed by atoms with Gasteiger partial charge in [0.25, 0.3) is 0 Å². The Morgan fingerprint density at radius 3 is 2.82 bits per heavy atom. The lowest BCUT2D eigenvalue weighted by Gasteiger charge is -2.42. The Morgan fingerprint density at radius 1 is 1.18 bits per heavy atom. The summed E-state index contributed by atoms with van der Waals surface area (Å²) in [6.07, 6.45) is 9.42. The van der Waals surface area contributed by atoms with Crippen molar-refractivity contribution in [3.05, 3.63) is 81.0 Å². The van der Waals surface area contributed by atoms with E-state index >= 15 is 0 Å². The van der Waals surface area contributed by atoms with E-state index in [1.165, 1.54) is 30.5 Å². The molecule has 2 heterocycles. The Hall–Kier alpha value is -2.24. The number of hydrogen-bond donors (Lipinski definition) is 0. The van der Waals surface area contributed by atoms with Crippen LogP contribution in [0.15, 0.2) is 64.4 Å². The second kappa shape index (κ2) is 6.25. The zero-order chi connectivity index (χ0) is 21.9. The maximum Gasteiger partial charge on any atom is 0.169 e. The number of hydrogen-bond acceptors (Lipinski definition) is 4. The second-order valence-corrected chi connectivity index (χ2v) is 11.5. The van der Waals surface area contributed by atoms with Gasteiger partial charge in [0.1, 0.15) is 12.4 Å². The lowest BCUT2D eigenvalue weighted by Crippen LogP contribution is -2.48. The fourth-order valence-corrected chi connectivity index (χ4v) is 7.95. The number of fused-ring (bicyclic) bond motifs is 1. The van der Waals surface area contributed by atoms with Crippen LogP contribution in [0.2, 0.25) is 0 Å². The van der Waals surface area contributed by atoms with Gasteiger partial charge in [0.15, 0.2) is 17.6 Å². The van der Waals surface area contributed by atoms with E-state index in [1.807, 2.05) is 6.07 Å². The Labute approximate surface area is 202 Å². The van der Waals surface area contributed by atoms with Gasteiger partial charge in [0.05, 0.1) is 18.6 Å². The Bertz CT molecular complexity index is 1270. The first-order valence-electron chi connectivity index (χ1n) is 12.1. The molecule has 0 amide bonds. The zero-order valence-corrected chi connectivity index (χ0v) is 20.2. The van der Waals surface area contributed by atoms with Crippen molar-refractivity contribution in [3.63, 3.8) is 0 Å². The summed E-state index contributed by atoms with van der Waals surface area (Å²) in [5, 5.41) is 0. The smallest absolute Gasteiger partial charge is 0.169 e. The van der Waals surface area contributed by atoms with Crippen LogP contribution < -0.4 is 9.47 Å². The van der Waals surface area contributed by atoms with Gasteiger partial charge in [-0.25, -0.2) is 0 Å². The van der Waals surface area contributed by atoms with Crippen LogP contribution in [0.1, 0.15) is 36.0 Å². The molecule has 2 aliphatic heterocycles. The van der Waals surface area contributed by atoms with Gasteiger partial charge in [-0.05, 0) is 60.4 Å². The summed E-state index contributed by atoms with van der Waals surface area (Å²) < 4.78 is 20.2. The van der Waals surface area contributed by atoms with Crippen LogP contribution in [0, 0.1) is 5.92 Å². The number of benzene rings is 2. The van der Waals surface area contributed by atoms with E-state index in [-0.39, 0.29) is 17.1 Å². The normalized spacial score (nSPS) is 35.8. The molecule has 0 aromatic heterocycles. The molecule has 5 atom stereocenters. The van der Waals surface area contributed by atoms with Crippen LogP contribution in [0.25, 0.3) is 0 Å². The van der Waals surface area contributed by atoms with E-state index in [9.17, 15) is 0 Å². The molecular formula is C28H26BrNO3.